The molecule has 1 nitrogen and oxygen atoms in total. The van der Waals surface area contributed by atoms with E-state index in [9.17, 15) is 17.6 Å². The van der Waals surface area contributed by atoms with Crippen molar-refractivity contribution >= 4 is 5.69 Å². The van der Waals surface area contributed by atoms with Gasteiger partial charge < -0.3 is 5.32 Å². The zero-order valence-electron chi connectivity index (χ0n) is 9.53. The largest absolute Gasteiger partial charge is 0.419 e. The van der Waals surface area contributed by atoms with Crippen molar-refractivity contribution in [1.29, 1.82) is 0 Å². The lowest BCUT2D eigenvalue weighted by atomic mass is 10.2. The van der Waals surface area contributed by atoms with E-state index in [2.05, 4.69) is 5.32 Å². The Labute approximate surface area is 97.1 Å². The summed E-state index contributed by atoms with van der Waals surface area (Å²) < 4.78 is 50.2. The van der Waals surface area contributed by atoms with Gasteiger partial charge >= 0.3 is 6.18 Å². The first-order valence-electron chi connectivity index (χ1n) is 5.04. The average Bonchev–Trinajstić information content (AvgIpc) is 2.18. The topological polar surface area (TPSA) is 12.0 Å². The van der Waals surface area contributed by atoms with E-state index in [4.69, 9.17) is 0 Å². The summed E-state index contributed by atoms with van der Waals surface area (Å²) >= 11 is 0. The highest BCUT2D eigenvalue weighted by Gasteiger charge is 2.34. The Morgan fingerprint density at radius 1 is 1.29 bits per heavy atom. The maximum atomic E-state index is 13.0. The highest BCUT2D eigenvalue weighted by molar-refractivity contribution is 5.47. The molecule has 1 aromatic rings. The number of nitrogens with one attached hydrogen (secondary N) is 1. The monoisotopic (exact) mass is 247 g/mol. The second-order valence-corrected chi connectivity index (χ2v) is 3.85. The van der Waals surface area contributed by atoms with E-state index in [0.717, 1.165) is 17.7 Å². The van der Waals surface area contributed by atoms with Crippen molar-refractivity contribution in [1.82, 2.24) is 0 Å². The minimum atomic E-state index is -4.67. The van der Waals surface area contributed by atoms with Gasteiger partial charge in [0.15, 0.2) is 0 Å². The van der Waals surface area contributed by atoms with Crippen LogP contribution in [0.3, 0.4) is 0 Å². The zero-order chi connectivity index (χ0) is 13.1. The molecule has 0 amide bonds. The molecule has 17 heavy (non-hydrogen) atoms. The summed E-state index contributed by atoms with van der Waals surface area (Å²) in [5.41, 5.74) is 0.0478. The van der Waals surface area contributed by atoms with Crippen LogP contribution in [-0.4, -0.2) is 6.54 Å². The maximum absolute atomic E-state index is 13.0. The van der Waals surface area contributed by atoms with Crippen molar-refractivity contribution in [3.05, 3.63) is 41.2 Å². The van der Waals surface area contributed by atoms with Crippen molar-refractivity contribution in [2.45, 2.75) is 20.0 Å². The molecule has 94 valence electrons. The van der Waals surface area contributed by atoms with E-state index < -0.39 is 17.6 Å². The zero-order valence-corrected chi connectivity index (χ0v) is 9.53. The van der Waals surface area contributed by atoms with Crippen LogP contribution in [-0.2, 0) is 6.18 Å². The summed E-state index contributed by atoms with van der Waals surface area (Å²) in [5.74, 6) is -1.26. The Morgan fingerprint density at radius 2 is 1.94 bits per heavy atom. The Bertz CT molecular complexity index is 417. The van der Waals surface area contributed by atoms with E-state index in [1.54, 1.807) is 0 Å². The minimum absolute atomic E-state index is 0.247. The molecular formula is C12H13F4N. The van der Waals surface area contributed by atoms with Crippen LogP contribution in [0.25, 0.3) is 0 Å². The fourth-order valence-electron chi connectivity index (χ4n) is 1.23. The van der Waals surface area contributed by atoms with Crippen molar-refractivity contribution in [2.24, 2.45) is 0 Å². The van der Waals surface area contributed by atoms with Gasteiger partial charge in [-0.1, -0.05) is 11.6 Å². The third kappa shape index (κ3) is 4.09. The van der Waals surface area contributed by atoms with Crippen LogP contribution in [0.1, 0.15) is 19.4 Å². The molecule has 0 unspecified atom stereocenters. The SMILES string of the molecule is CC(C)=CCNc1ccc(F)c(C(F)(F)F)c1. The van der Waals surface area contributed by atoms with Crippen LogP contribution in [0.2, 0.25) is 0 Å². The molecule has 0 radical (unpaired) electrons. The van der Waals surface area contributed by atoms with Crippen molar-refractivity contribution < 1.29 is 17.6 Å². The van der Waals surface area contributed by atoms with Crippen LogP contribution in [0.5, 0.6) is 0 Å². The van der Waals surface area contributed by atoms with E-state index >= 15 is 0 Å². The van der Waals surface area contributed by atoms with E-state index in [1.807, 2.05) is 19.9 Å². The first-order valence-corrected chi connectivity index (χ1v) is 5.04. The molecular weight excluding hydrogens is 234 g/mol. The van der Waals surface area contributed by atoms with Gasteiger partial charge in [-0.05, 0) is 32.0 Å². The molecule has 1 N–H and O–H groups in total. The molecule has 0 bridgehead atoms. The van der Waals surface area contributed by atoms with Gasteiger partial charge in [0.05, 0.1) is 5.56 Å². The molecule has 0 fully saturated rings. The minimum Gasteiger partial charge on any atom is -0.382 e. The van der Waals surface area contributed by atoms with Gasteiger partial charge in [0.25, 0.3) is 0 Å². The summed E-state index contributed by atoms with van der Waals surface area (Å²) in [4.78, 5) is 0. The second kappa shape index (κ2) is 5.21. The number of halogens is 4. The van der Waals surface area contributed by atoms with Crippen molar-refractivity contribution in [3.63, 3.8) is 0 Å². The molecule has 1 aromatic carbocycles. The normalized spacial score (nSPS) is 11.2. The van der Waals surface area contributed by atoms with Gasteiger partial charge in [-0.3, -0.25) is 0 Å². The number of rotatable bonds is 3. The molecule has 0 saturated carbocycles. The molecule has 0 spiro atoms. The molecule has 0 aliphatic carbocycles. The van der Waals surface area contributed by atoms with Crippen molar-refractivity contribution in [3.8, 4) is 0 Å². The average molecular weight is 247 g/mol. The summed E-state index contributed by atoms with van der Waals surface area (Å²) in [7, 11) is 0. The summed E-state index contributed by atoms with van der Waals surface area (Å²) in [6.07, 6.45) is -2.84. The van der Waals surface area contributed by atoms with Crippen LogP contribution >= 0.6 is 0 Å². The Kier molecular flexibility index (Phi) is 4.15. The molecule has 0 aliphatic heterocycles. The second-order valence-electron chi connectivity index (χ2n) is 3.85. The third-order valence-corrected chi connectivity index (χ3v) is 2.09. The molecule has 1 rings (SSSR count). The smallest absolute Gasteiger partial charge is 0.382 e. The lowest BCUT2D eigenvalue weighted by Gasteiger charge is -2.10. The highest BCUT2D eigenvalue weighted by Crippen LogP contribution is 2.32. The molecule has 0 saturated heterocycles. The number of benzene rings is 1. The summed E-state index contributed by atoms with van der Waals surface area (Å²) in [5, 5.41) is 2.77. The summed E-state index contributed by atoms with van der Waals surface area (Å²) in [6, 6.07) is 2.87. The number of alkyl halides is 3. The molecule has 0 heterocycles. The van der Waals surface area contributed by atoms with Gasteiger partial charge in [0, 0.05) is 12.2 Å². The first kappa shape index (κ1) is 13.5. The van der Waals surface area contributed by atoms with Crippen LogP contribution in [0.4, 0.5) is 23.2 Å². The lowest BCUT2D eigenvalue weighted by Crippen LogP contribution is -2.09. The molecule has 0 aliphatic rings. The van der Waals surface area contributed by atoms with Crippen LogP contribution in [0, 0.1) is 5.82 Å². The predicted octanol–water partition coefficient (Wildman–Crippen LogP) is 4.22. The first-order chi connectivity index (χ1) is 7.80. The highest BCUT2D eigenvalue weighted by atomic mass is 19.4. The quantitative estimate of drug-likeness (QED) is 0.622. The molecule has 0 atom stereocenters. The van der Waals surface area contributed by atoms with E-state index in [1.165, 1.54) is 6.07 Å². The fourth-order valence-corrected chi connectivity index (χ4v) is 1.23. The Hall–Kier alpha value is -1.52. The summed E-state index contributed by atoms with van der Waals surface area (Å²) in [6.45, 7) is 4.17. The number of allylic oxidation sites excluding steroid dienone is 1. The van der Waals surface area contributed by atoms with Gasteiger partial charge in [-0.2, -0.15) is 13.2 Å². The number of anilines is 1. The molecule has 0 aromatic heterocycles. The van der Waals surface area contributed by atoms with E-state index in [0.29, 0.717) is 6.54 Å². The van der Waals surface area contributed by atoms with Crippen molar-refractivity contribution in [2.75, 3.05) is 11.9 Å². The van der Waals surface area contributed by atoms with Gasteiger partial charge in [-0.25, -0.2) is 4.39 Å². The number of hydrogen-bond donors (Lipinski definition) is 1. The maximum Gasteiger partial charge on any atom is 0.419 e. The standard InChI is InChI=1S/C12H13F4N/c1-8(2)5-6-17-9-3-4-11(13)10(7-9)12(14,15)16/h3-5,7,17H,6H2,1-2H3. The van der Waals surface area contributed by atoms with Crippen LogP contribution < -0.4 is 5.32 Å². The Morgan fingerprint density at radius 3 is 2.47 bits per heavy atom. The van der Waals surface area contributed by atoms with Crippen LogP contribution in [0.15, 0.2) is 29.8 Å². The Balaban J connectivity index is 2.86. The van der Waals surface area contributed by atoms with Gasteiger partial charge in [0.2, 0.25) is 0 Å². The molecule has 5 heteroatoms. The van der Waals surface area contributed by atoms with Gasteiger partial charge in [0.1, 0.15) is 5.82 Å². The fraction of sp³-hybridized carbons (Fsp3) is 0.333. The van der Waals surface area contributed by atoms with Gasteiger partial charge in [-0.15, -0.1) is 0 Å². The lowest BCUT2D eigenvalue weighted by molar-refractivity contribution is -0.139. The van der Waals surface area contributed by atoms with E-state index in [-0.39, 0.29) is 5.69 Å². The predicted molar refractivity (Wildman–Crippen MR) is 59.3 cm³/mol. The number of hydrogen-bond acceptors (Lipinski definition) is 1. The third-order valence-electron chi connectivity index (χ3n) is 2.09.